The highest BCUT2D eigenvalue weighted by Crippen LogP contribution is 2.60. The van der Waals surface area contributed by atoms with Gasteiger partial charge < -0.3 is 5.73 Å². The van der Waals surface area contributed by atoms with E-state index < -0.39 is 0 Å². The lowest BCUT2D eigenvalue weighted by Gasteiger charge is -2.16. The van der Waals surface area contributed by atoms with Crippen LogP contribution in [0.5, 0.6) is 0 Å². The van der Waals surface area contributed by atoms with Crippen LogP contribution in [0, 0.1) is 5.41 Å². The highest BCUT2D eigenvalue weighted by atomic mass is 14.9. The first kappa shape index (κ1) is 9.41. The van der Waals surface area contributed by atoms with Crippen LogP contribution in [-0.4, -0.2) is 0 Å². The number of aryl methyl sites for hydroxylation is 2. The first-order valence-electron chi connectivity index (χ1n) is 5.94. The van der Waals surface area contributed by atoms with Gasteiger partial charge in [0.25, 0.3) is 0 Å². The minimum absolute atomic E-state index is 0.0510. The average molecular weight is 201 g/mol. The second-order valence-electron chi connectivity index (χ2n) is 5.87. The van der Waals surface area contributed by atoms with Crippen molar-refractivity contribution in [3.63, 3.8) is 0 Å². The van der Waals surface area contributed by atoms with Crippen molar-refractivity contribution in [1.29, 1.82) is 0 Å². The van der Waals surface area contributed by atoms with Crippen LogP contribution in [0.25, 0.3) is 0 Å². The number of benzene rings is 1. The van der Waals surface area contributed by atoms with Gasteiger partial charge in [0.1, 0.15) is 0 Å². The quantitative estimate of drug-likeness (QED) is 0.743. The maximum absolute atomic E-state index is 6.44. The van der Waals surface area contributed by atoms with Crippen LogP contribution in [0.2, 0.25) is 0 Å². The molecule has 1 atom stereocenters. The van der Waals surface area contributed by atoms with E-state index in [0.717, 1.165) is 6.42 Å². The van der Waals surface area contributed by atoms with Gasteiger partial charge in [-0.05, 0) is 47.8 Å². The Labute approximate surface area is 91.7 Å². The lowest BCUT2D eigenvalue weighted by molar-refractivity contribution is 0.510. The molecule has 0 aromatic heterocycles. The van der Waals surface area contributed by atoms with E-state index in [1.807, 2.05) is 0 Å². The van der Waals surface area contributed by atoms with Crippen molar-refractivity contribution in [3.05, 3.63) is 34.9 Å². The second-order valence-corrected chi connectivity index (χ2v) is 5.87. The summed E-state index contributed by atoms with van der Waals surface area (Å²) in [6.07, 6.45) is 4.95. The van der Waals surface area contributed by atoms with E-state index in [9.17, 15) is 0 Å². The number of hydrogen-bond donors (Lipinski definition) is 1. The molecule has 15 heavy (non-hydrogen) atoms. The number of hydrogen-bond acceptors (Lipinski definition) is 1. The summed E-state index contributed by atoms with van der Waals surface area (Å²) in [4.78, 5) is 0. The molecule has 1 saturated carbocycles. The van der Waals surface area contributed by atoms with E-state index in [2.05, 4.69) is 32.0 Å². The van der Waals surface area contributed by atoms with E-state index >= 15 is 0 Å². The van der Waals surface area contributed by atoms with E-state index in [4.69, 9.17) is 5.73 Å². The zero-order valence-corrected chi connectivity index (χ0v) is 9.64. The lowest BCUT2D eigenvalue weighted by atomic mass is 9.94. The third-order valence-electron chi connectivity index (χ3n) is 4.42. The molecular weight excluding hydrogens is 182 g/mol. The van der Waals surface area contributed by atoms with Gasteiger partial charge in [-0.2, -0.15) is 0 Å². The predicted molar refractivity (Wildman–Crippen MR) is 62.7 cm³/mol. The lowest BCUT2D eigenvalue weighted by Crippen LogP contribution is -2.25. The molecule has 2 N–H and O–H groups in total. The van der Waals surface area contributed by atoms with Crippen LogP contribution >= 0.6 is 0 Å². The van der Waals surface area contributed by atoms with Crippen LogP contribution in [0.15, 0.2) is 18.2 Å². The average Bonchev–Trinajstić information content (AvgIpc) is 2.61. The molecule has 0 amide bonds. The third-order valence-corrected chi connectivity index (χ3v) is 4.42. The smallest absolute Gasteiger partial charge is 0.0468 e. The Morgan fingerprint density at radius 3 is 2.47 bits per heavy atom. The van der Waals surface area contributed by atoms with E-state index in [1.165, 1.54) is 24.8 Å². The van der Waals surface area contributed by atoms with Gasteiger partial charge in [0.15, 0.2) is 0 Å². The molecule has 1 unspecified atom stereocenters. The van der Waals surface area contributed by atoms with Crippen LogP contribution in [0.4, 0.5) is 0 Å². The van der Waals surface area contributed by atoms with Crippen LogP contribution in [0.1, 0.15) is 43.4 Å². The van der Waals surface area contributed by atoms with Gasteiger partial charge >= 0.3 is 0 Å². The summed E-state index contributed by atoms with van der Waals surface area (Å²) in [5.41, 5.74) is 11.1. The molecule has 1 aromatic carbocycles. The molecule has 0 heterocycles. The van der Waals surface area contributed by atoms with Crippen molar-refractivity contribution >= 4 is 0 Å². The molecule has 0 aliphatic heterocycles. The first-order chi connectivity index (χ1) is 7.03. The highest BCUT2D eigenvalue weighted by molar-refractivity contribution is 5.42. The van der Waals surface area contributed by atoms with Crippen molar-refractivity contribution in [2.45, 2.75) is 45.1 Å². The van der Waals surface area contributed by atoms with Crippen molar-refractivity contribution in [3.8, 4) is 0 Å². The van der Waals surface area contributed by atoms with Crippen molar-refractivity contribution < 1.29 is 0 Å². The zero-order valence-electron chi connectivity index (χ0n) is 9.64. The summed E-state index contributed by atoms with van der Waals surface area (Å²) in [5.74, 6) is 0. The Morgan fingerprint density at radius 2 is 1.80 bits per heavy atom. The van der Waals surface area contributed by atoms with Crippen molar-refractivity contribution in [2.75, 3.05) is 0 Å². The van der Waals surface area contributed by atoms with Crippen molar-refractivity contribution in [1.82, 2.24) is 0 Å². The summed E-state index contributed by atoms with van der Waals surface area (Å²) < 4.78 is 0. The Balaban J connectivity index is 2.01. The fraction of sp³-hybridized carbons (Fsp3) is 0.571. The Kier molecular flexibility index (Phi) is 1.66. The molecule has 3 rings (SSSR count). The van der Waals surface area contributed by atoms with Crippen LogP contribution in [0.3, 0.4) is 0 Å². The molecule has 0 bridgehead atoms. The van der Waals surface area contributed by atoms with Crippen LogP contribution in [-0.2, 0) is 18.4 Å². The number of rotatable bonds is 1. The molecule has 1 nitrogen and oxygen atoms in total. The molecule has 1 fully saturated rings. The summed E-state index contributed by atoms with van der Waals surface area (Å²) in [7, 11) is 0. The Hall–Kier alpha value is -0.820. The number of nitrogens with two attached hydrogens (primary N) is 1. The van der Waals surface area contributed by atoms with Gasteiger partial charge in [-0.1, -0.05) is 32.0 Å². The van der Waals surface area contributed by atoms with Gasteiger partial charge in [0.2, 0.25) is 0 Å². The molecular formula is C14H19N. The molecule has 0 saturated heterocycles. The van der Waals surface area contributed by atoms with Crippen molar-refractivity contribution in [2.24, 2.45) is 11.1 Å². The molecule has 2 aliphatic rings. The SMILES string of the molecule is CC1(C)CC1(N)c1ccc2c(c1)CCC2. The monoisotopic (exact) mass is 201 g/mol. The minimum Gasteiger partial charge on any atom is -0.321 e. The molecule has 1 aromatic rings. The fourth-order valence-electron chi connectivity index (χ4n) is 3.00. The largest absolute Gasteiger partial charge is 0.321 e. The molecule has 80 valence electrons. The number of fused-ring (bicyclic) bond motifs is 1. The Morgan fingerprint density at radius 1 is 1.13 bits per heavy atom. The van der Waals surface area contributed by atoms with E-state index in [1.54, 1.807) is 11.1 Å². The topological polar surface area (TPSA) is 26.0 Å². The normalized spacial score (nSPS) is 31.4. The maximum atomic E-state index is 6.44. The standard InChI is InChI=1S/C14H19N/c1-13(2)9-14(13,15)12-7-6-10-4-3-5-11(10)8-12/h6-8H,3-5,9,15H2,1-2H3. The highest BCUT2D eigenvalue weighted by Gasteiger charge is 2.59. The molecule has 0 radical (unpaired) electrons. The molecule has 1 heteroatoms. The van der Waals surface area contributed by atoms with Gasteiger partial charge in [-0.15, -0.1) is 0 Å². The molecule has 0 spiro atoms. The second kappa shape index (κ2) is 2.65. The zero-order chi connectivity index (χ0) is 10.7. The van der Waals surface area contributed by atoms with Crippen LogP contribution < -0.4 is 5.73 Å². The summed E-state index contributed by atoms with van der Waals surface area (Å²) in [5, 5.41) is 0. The third kappa shape index (κ3) is 1.19. The predicted octanol–water partition coefficient (Wildman–Crippen LogP) is 2.76. The van der Waals surface area contributed by atoms with Gasteiger partial charge in [0.05, 0.1) is 0 Å². The Bertz CT molecular complexity index is 419. The van der Waals surface area contributed by atoms with E-state index in [0.29, 0.717) is 5.41 Å². The molecule has 2 aliphatic carbocycles. The fourth-order valence-corrected chi connectivity index (χ4v) is 3.00. The van der Waals surface area contributed by atoms with Gasteiger partial charge in [-0.25, -0.2) is 0 Å². The summed E-state index contributed by atoms with van der Waals surface area (Å²) in [6, 6.07) is 6.90. The maximum Gasteiger partial charge on any atom is 0.0468 e. The summed E-state index contributed by atoms with van der Waals surface area (Å²) >= 11 is 0. The first-order valence-corrected chi connectivity index (χ1v) is 5.94. The summed E-state index contributed by atoms with van der Waals surface area (Å²) in [6.45, 7) is 4.53. The van der Waals surface area contributed by atoms with Gasteiger partial charge in [-0.3, -0.25) is 0 Å². The van der Waals surface area contributed by atoms with E-state index in [-0.39, 0.29) is 5.54 Å². The minimum atomic E-state index is -0.0510. The van der Waals surface area contributed by atoms with Gasteiger partial charge in [0, 0.05) is 5.54 Å².